The Balaban J connectivity index is 1.68. The fraction of sp³-hybridized carbons (Fsp3) is 0.435. The van der Waals surface area contributed by atoms with Crippen LogP contribution in [0.3, 0.4) is 0 Å². The maximum absolute atomic E-state index is 12.7. The molecule has 1 atom stereocenters. The number of aliphatic hydroxyl groups excluding tert-OH is 1. The van der Waals surface area contributed by atoms with Gasteiger partial charge in [-0.25, -0.2) is 4.79 Å². The summed E-state index contributed by atoms with van der Waals surface area (Å²) in [5.41, 5.74) is 1.37. The van der Waals surface area contributed by atoms with Gasteiger partial charge in [0.05, 0.1) is 27.6 Å². The lowest BCUT2D eigenvalue weighted by atomic mass is 10.0. The van der Waals surface area contributed by atoms with Crippen LogP contribution in [0.4, 0.5) is 4.79 Å². The minimum absolute atomic E-state index is 0.00419. The molecule has 166 valence electrons. The molecule has 0 bridgehead atoms. The van der Waals surface area contributed by atoms with Crippen molar-refractivity contribution in [3.63, 3.8) is 0 Å². The van der Waals surface area contributed by atoms with Crippen molar-refractivity contribution in [1.29, 1.82) is 0 Å². The standard InChI is InChI=1S/C23H27Cl2N3O2S/c1-15(26-23(30)28(3)17-10-12-27(2)13-11-17)20-9-5-16(21(24)22(20)25)4-6-18-7-8-19(14-29)31-18/h5,7-9,15,17,29H,10-14H2,1-3H3,(H,26,30). The Morgan fingerprint density at radius 1 is 1.26 bits per heavy atom. The lowest BCUT2D eigenvalue weighted by Gasteiger charge is -2.35. The van der Waals surface area contributed by atoms with Crippen LogP contribution in [-0.2, 0) is 6.61 Å². The Morgan fingerprint density at radius 3 is 2.61 bits per heavy atom. The molecule has 8 heteroatoms. The minimum Gasteiger partial charge on any atom is -0.391 e. The molecular formula is C23H27Cl2N3O2S. The highest BCUT2D eigenvalue weighted by atomic mass is 35.5. The summed E-state index contributed by atoms with van der Waals surface area (Å²) >= 11 is 14.4. The third-order valence-corrected chi connectivity index (χ3v) is 7.49. The Labute approximate surface area is 197 Å². The maximum atomic E-state index is 12.7. The van der Waals surface area contributed by atoms with Gasteiger partial charge >= 0.3 is 6.03 Å². The van der Waals surface area contributed by atoms with E-state index in [1.54, 1.807) is 4.90 Å². The highest BCUT2D eigenvalue weighted by Crippen LogP contribution is 2.33. The van der Waals surface area contributed by atoms with Gasteiger partial charge in [0.15, 0.2) is 0 Å². The third kappa shape index (κ3) is 5.94. The van der Waals surface area contributed by atoms with Crippen molar-refractivity contribution in [2.75, 3.05) is 27.2 Å². The Bertz CT molecular complexity index is 990. The van der Waals surface area contributed by atoms with Crippen molar-refractivity contribution in [2.24, 2.45) is 0 Å². The fourth-order valence-corrected chi connectivity index (χ4v) is 4.84. The van der Waals surface area contributed by atoms with Gasteiger partial charge in [0.25, 0.3) is 0 Å². The zero-order valence-corrected chi connectivity index (χ0v) is 20.2. The number of aliphatic hydroxyl groups is 1. The number of carbonyl (C=O) groups is 1. The number of nitrogens with one attached hydrogen (secondary N) is 1. The van der Waals surface area contributed by atoms with Crippen LogP contribution >= 0.6 is 34.5 Å². The second-order valence-corrected chi connectivity index (χ2v) is 9.75. The zero-order valence-electron chi connectivity index (χ0n) is 17.9. The van der Waals surface area contributed by atoms with Crippen molar-refractivity contribution in [2.45, 2.75) is 38.5 Å². The van der Waals surface area contributed by atoms with Crippen molar-refractivity contribution in [3.8, 4) is 11.8 Å². The Kier molecular flexibility index (Phi) is 8.26. The van der Waals surface area contributed by atoms with Gasteiger partial charge < -0.3 is 20.2 Å². The van der Waals surface area contributed by atoms with Crippen molar-refractivity contribution in [3.05, 3.63) is 55.2 Å². The molecule has 0 saturated carbocycles. The fourth-order valence-electron chi connectivity index (χ4n) is 3.57. The van der Waals surface area contributed by atoms with Crippen LogP contribution in [0, 0.1) is 11.8 Å². The molecule has 1 aromatic carbocycles. The van der Waals surface area contributed by atoms with Crippen LogP contribution in [0.1, 0.15) is 46.7 Å². The number of thiophene rings is 1. The molecule has 1 unspecified atom stereocenters. The first-order chi connectivity index (χ1) is 14.8. The molecule has 0 spiro atoms. The summed E-state index contributed by atoms with van der Waals surface area (Å²) in [5, 5.41) is 13.0. The van der Waals surface area contributed by atoms with Gasteiger partial charge in [-0.15, -0.1) is 11.3 Å². The second kappa shape index (κ2) is 10.7. The SMILES string of the molecule is CC(NC(=O)N(C)C1CCN(C)CC1)c1ccc(C#Cc2ccc(CO)s2)c(Cl)c1Cl. The summed E-state index contributed by atoms with van der Waals surface area (Å²) in [6.45, 7) is 3.89. The number of rotatable bonds is 4. The van der Waals surface area contributed by atoms with Crippen LogP contribution in [0.15, 0.2) is 24.3 Å². The van der Waals surface area contributed by atoms with E-state index < -0.39 is 0 Å². The summed E-state index contributed by atoms with van der Waals surface area (Å²) < 4.78 is 0. The molecule has 1 fully saturated rings. The number of urea groups is 1. The van der Waals surface area contributed by atoms with E-state index in [-0.39, 0.29) is 24.7 Å². The van der Waals surface area contributed by atoms with E-state index in [1.807, 2.05) is 38.2 Å². The van der Waals surface area contributed by atoms with Gasteiger partial charge in [-0.2, -0.15) is 0 Å². The molecule has 1 aromatic heterocycles. The van der Waals surface area contributed by atoms with Crippen LogP contribution in [0.25, 0.3) is 0 Å². The second-order valence-electron chi connectivity index (χ2n) is 7.82. The third-order valence-electron chi connectivity index (χ3n) is 5.61. The first kappa shape index (κ1) is 23.9. The predicted octanol–water partition coefficient (Wildman–Crippen LogP) is 4.74. The number of hydrogen-bond acceptors (Lipinski definition) is 4. The van der Waals surface area contributed by atoms with E-state index in [0.29, 0.717) is 15.6 Å². The number of carbonyl (C=O) groups excluding carboxylic acids is 1. The minimum atomic E-state index is -0.294. The molecule has 3 rings (SSSR count). The number of halogens is 2. The molecule has 31 heavy (non-hydrogen) atoms. The molecule has 0 aliphatic carbocycles. The van der Waals surface area contributed by atoms with E-state index in [4.69, 9.17) is 28.3 Å². The normalized spacial score (nSPS) is 15.8. The van der Waals surface area contributed by atoms with E-state index in [9.17, 15) is 4.79 Å². The summed E-state index contributed by atoms with van der Waals surface area (Å²) in [7, 11) is 3.95. The lowest BCUT2D eigenvalue weighted by Crippen LogP contribution is -2.48. The topological polar surface area (TPSA) is 55.8 Å². The van der Waals surface area contributed by atoms with E-state index in [0.717, 1.165) is 41.2 Å². The monoisotopic (exact) mass is 479 g/mol. The van der Waals surface area contributed by atoms with Crippen molar-refractivity contribution < 1.29 is 9.90 Å². The number of nitrogens with zero attached hydrogens (tertiary/aromatic N) is 2. The summed E-state index contributed by atoms with van der Waals surface area (Å²) in [5.74, 6) is 6.10. The predicted molar refractivity (Wildman–Crippen MR) is 128 cm³/mol. The Hall–Kier alpha value is -1.75. The first-order valence-electron chi connectivity index (χ1n) is 10.2. The smallest absolute Gasteiger partial charge is 0.317 e. The number of likely N-dealkylation sites (tertiary alicyclic amines) is 1. The quantitative estimate of drug-likeness (QED) is 0.622. The number of piperidine rings is 1. The van der Waals surface area contributed by atoms with Gasteiger partial charge in [0.2, 0.25) is 0 Å². The summed E-state index contributed by atoms with van der Waals surface area (Å²) in [6.07, 6.45) is 1.94. The van der Waals surface area contributed by atoms with Crippen LogP contribution < -0.4 is 5.32 Å². The number of benzene rings is 1. The molecule has 1 aliphatic rings. The molecule has 1 aliphatic heterocycles. The molecular weight excluding hydrogens is 453 g/mol. The van der Waals surface area contributed by atoms with Crippen LogP contribution in [0.2, 0.25) is 10.0 Å². The largest absolute Gasteiger partial charge is 0.391 e. The molecule has 2 aromatic rings. The van der Waals surface area contributed by atoms with E-state index >= 15 is 0 Å². The number of hydrogen-bond donors (Lipinski definition) is 2. The average molecular weight is 480 g/mol. The van der Waals surface area contributed by atoms with Gasteiger partial charge in [0.1, 0.15) is 0 Å². The van der Waals surface area contributed by atoms with Crippen molar-refractivity contribution in [1.82, 2.24) is 15.1 Å². The highest BCUT2D eigenvalue weighted by molar-refractivity contribution is 7.12. The van der Waals surface area contributed by atoms with E-state index in [1.165, 1.54) is 11.3 Å². The lowest BCUT2D eigenvalue weighted by molar-refractivity contribution is 0.146. The summed E-state index contributed by atoms with van der Waals surface area (Å²) in [6, 6.07) is 7.22. The van der Waals surface area contributed by atoms with E-state index in [2.05, 4.69) is 29.1 Å². The zero-order chi connectivity index (χ0) is 22.5. The van der Waals surface area contributed by atoms with Gasteiger partial charge in [-0.05, 0) is 63.7 Å². The Morgan fingerprint density at radius 2 is 1.97 bits per heavy atom. The van der Waals surface area contributed by atoms with Crippen LogP contribution in [0.5, 0.6) is 0 Å². The molecule has 2 amide bonds. The molecule has 0 radical (unpaired) electrons. The van der Waals surface area contributed by atoms with Gasteiger partial charge in [0, 0.05) is 23.5 Å². The van der Waals surface area contributed by atoms with Gasteiger partial charge in [-0.3, -0.25) is 0 Å². The molecule has 2 heterocycles. The number of amides is 2. The maximum Gasteiger partial charge on any atom is 0.317 e. The van der Waals surface area contributed by atoms with Crippen LogP contribution in [-0.4, -0.2) is 54.2 Å². The average Bonchev–Trinajstić information content (AvgIpc) is 3.22. The van der Waals surface area contributed by atoms with Crippen molar-refractivity contribution >= 4 is 40.6 Å². The first-order valence-corrected chi connectivity index (χ1v) is 11.8. The highest BCUT2D eigenvalue weighted by Gasteiger charge is 2.25. The molecule has 5 nitrogen and oxygen atoms in total. The van der Waals surface area contributed by atoms with Gasteiger partial charge in [-0.1, -0.05) is 41.1 Å². The molecule has 1 saturated heterocycles. The summed E-state index contributed by atoms with van der Waals surface area (Å²) in [4.78, 5) is 18.5. The molecule has 2 N–H and O–H groups in total.